The van der Waals surface area contributed by atoms with Crippen molar-refractivity contribution >= 4 is 11.8 Å². The van der Waals surface area contributed by atoms with E-state index in [0.717, 1.165) is 0 Å². The van der Waals surface area contributed by atoms with Crippen molar-refractivity contribution < 1.29 is 14.3 Å². The third-order valence-corrected chi connectivity index (χ3v) is 3.74. The number of carbonyl (C=O) groups is 2. The molecule has 0 unspecified atom stereocenters. The zero-order chi connectivity index (χ0) is 16.7. The van der Waals surface area contributed by atoms with Crippen molar-refractivity contribution in [2.45, 2.75) is 6.92 Å². The van der Waals surface area contributed by atoms with Crippen LogP contribution in [-0.2, 0) is 4.79 Å². The lowest BCUT2D eigenvalue weighted by Gasteiger charge is -2.34. The molecule has 23 heavy (non-hydrogen) atoms. The van der Waals surface area contributed by atoms with Crippen molar-refractivity contribution in [3.8, 4) is 5.75 Å². The zero-order valence-electron chi connectivity index (χ0n) is 13.6. The smallest absolute Gasteiger partial charge is 0.254 e. The molecule has 1 aliphatic rings. The first kappa shape index (κ1) is 16.8. The van der Waals surface area contributed by atoms with Gasteiger partial charge in [-0.3, -0.25) is 9.59 Å². The lowest BCUT2D eigenvalue weighted by molar-refractivity contribution is -0.127. The predicted octanol–water partition coefficient (Wildman–Crippen LogP) is 2.11. The van der Waals surface area contributed by atoms with Crippen LogP contribution < -0.4 is 4.74 Å². The van der Waals surface area contributed by atoms with Gasteiger partial charge in [-0.15, -0.1) is 0 Å². The molecule has 0 atom stereocenters. The number of benzene rings is 1. The summed E-state index contributed by atoms with van der Waals surface area (Å²) in [7, 11) is 1.58. The van der Waals surface area contributed by atoms with Crippen LogP contribution in [0.5, 0.6) is 5.75 Å². The van der Waals surface area contributed by atoms with Gasteiger partial charge in [0.1, 0.15) is 5.75 Å². The second kappa shape index (κ2) is 8.17. The van der Waals surface area contributed by atoms with Crippen LogP contribution in [-0.4, -0.2) is 54.9 Å². The molecule has 5 heteroatoms. The Bertz CT molecular complexity index is 614. The third-order valence-electron chi connectivity index (χ3n) is 3.74. The predicted molar refractivity (Wildman–Crippen MR) is 89.4 cm³/mol. The Morgan fingerprint density at radius 2 is 1.78 bits per heavy atom. The first-order valence-corrected chi connectivity index (χ1v) is 7.67. The van der Waals surface area contributed by atoms with Crippen molar-refractivity contribution in [2.75, 3.05) is 33.3 Å². The Balaban J connectivity index is 1.93. The first-order valence-electron chi connectivity index (χ1n) is 7.67. The quantitative estimate of drug-likeness (QED) is 0.632. The van der Waals surface area contributed by atoms with Gasteiger partial charge in [0.15, 0.2) is 0 Å². The van der Waals surface area contributed by atoms with Gasteiger partial charge >= 0.3 is 0 Å². The van der Waals surface area contributed by atoms with Crippen LogP contribution in [0, 0.1) is 0 Å². The summed E-state index contributed by atoms with van der Waals surface area (Å²) in [5.41, 5.74) is 0.608. The molecule has 5 nitrogen and oxygen atoms in total. The fraction of sp³-hybridized carbons (Fsp3) is 0.333. The minimum Gasteiger partial charge on any atom is -0.497 e. The Morgan fingerprint density at radius 3 is 2.43 bits per heavy atom. The summed E-state index contributed by atoms with van der Waals surface area (Å²) in [6.07, 6.45) is 6.98. The average molecular weight is 314 g/mol. The summed E-state index contributed by atoms with van der Waals surface area (Å²) in [4.78, 5) is 28.0. The van der Waals surface area contributed by atoms with Gasteiger partial charge in [0.25, 0.3) is 5.91 Å². The standard InChI is InChI=1S/C18H22N2O3/c1-3-4-5-9-17(21)19-10-12-20(13-11-19)18(22)15-7-6-8-16(14-15)23-2/h3-9,14H,10-13H2,1-2H3/b4-3+,9-5+. The highest BCUT2D eigenvalue weighted by atomic mass is 16.5. The Hall–Kier alpha value is -2.56. The van der Waals surface area contributed by atoms with Gasteiger partial charge in [-0.2, -0.15) is 0 Å². The third kappa shape index (κ3) is 4.45. The van der Waals surface area contributed by atoms with Crippen LogP contribution >= 0.6 is 0 Å². The Labute approximate surface area is 136 Å². The highest BCUT2D eigenvalue weighted by Gasteiger charge is 2.23. The normalized spacial score (nSPS) is 15.4. The van der Waals surface area contributed by atoms with Gasteiger partial charge in [0.2, 0.25) is 5.91 Å². The maximum absolute atomic E-state index is 12.5. The highest BCUT2D eigenvalue weighted by molar-refractivity contribution is 5.95. The van der Waals surface area contributed by atoms with E-state index >= 15 is 0 Å². The number of hydrogen-bond acceptors (Lipinski definition) is 3. The molecule has 0 bridgehead atoms. The second-order valence-corrected chi connectivity index (χ2v) is 5.23. The molecule has 1 heterocycles. The van der Waals surface area contributed by atoms with Crippen LogP contribution in [0.4, 0.5) is 0 Å². The number of nitrogens with zero attached hydrogens (tertiary/aromatic N) is 2. The summed E-state index contributed by atoms with van der Waals surface area (Å²) in [6.45, 7) is 4.08. The van der Waals surface area contributed by atoms with E-state index in [1.165, 1.54) is 0 Å². The number of piperazine rings is 1. The van der Waals surface area contributed by atoms with Crippen molar-refractivity contribution in [2.24, 2.45) is 0 Å². The Kier molecular flexibility index (Phi) is 5.97. The molecule has 0 aromatic heterocycles. The molecule has 1 aromatic rings. The van der Waals surface area contributed by atoms with Gasteiger partial charge in [0, 0.05) is 37.8 Å². The molecule has 0 radical (unpaired) electrons. The minimum atomic E-state index is -0.0274. The SMILES string of the molecule is C/C=C/C=C/C(=O)N1CCN(C(=O)c2cccc(OC)c2)CC1. The molecule has 0 saturated carbocycles. The molecular formula is C18H22N2O3. The van der Waals surface area contributed by atoms with Gasteiger partial charge in [-0.25, -0.2) is 0 Å². The van der Waals surface area contributed by atoms with E-state index in [1.54, 1.807) is 47.3 Å². The molecule has 0 aliphatic carbocycles. The summed E-state index contributed by atoms with van der Waals surface area (Å²) >= 11 is 0. The van der Waals surface area contributed by atoms with Crippen LogP contribution in [0.15, 0.2) is 48.6 Å². The Morgan fingerprint density at radius 1 is 1.09 bits per heavy atom. The van der Waals surface area contributed by atoms with E-state index in [4.69, 9.17) is 4.74 Å². The second-order valence-electron chi connectivity index (χ2n) is 5.23. The highest BCUT2D eigenvalue weighted by Crippen LogP contribution is 2.15. The number of ether oxygens (including phenoxy) is 1. The maximum atomic E-state index is 12.5. The fourth-order valence-corrected chi connectivity index (χ4v) is 2.42. The number of hydrogen-bond donors (Lipinski definition) is 0. The number of amides is 2. The molecule has 1 aromatic carbocycles. The number of methoxy groups -OCH3 is 1. The van der Waals surface area contributed by atoms with E-state index in [9.17, 15) is 9.59 Å². The maximum Gasteiger partial charge on any atom is 0.254 e. The van der Waals surface area contributed by atoms with Gasteiger partial charge in [0.05, 0.1) is 7.11 Å². The van der Waals surface area contributed by atoms with Crippen molar-refractivity contribution in [3.63, 3.8) is 0 Å². The molecule has 2 amide bonds. The molecule has 2 rings (SSSR count). The summed E-state index contributed by atoms with van der Waals surface area (Å²) in [5.74, 6) is 0.621. The minimum absolute atomic E-state index is 0.0171. The van der Waals surface area contributed by atoms with Crippen LogP contribution in [0.3, 0.4) is 0 Å². The van der Waals surface area contributed by atoms with E-state index in [2.05, 4.69) is 0 Å². The fourth-order valence-electron chi connectivity index (χ4n) is 2.42. The zero-order valence-corrected chi connectivity index (χ0v) is 13.6. The van der Waals surface area contributed by atoms with Gasteiger partial charge < -0.3 is 14.5 Å². The van der Waals surface area contributed by atoms with Crippen LogP contribution in [0.25, 0.3) is 0 Å². The van der Waals surface area contributed by atoms with Crippen LogP contribution in [0.1, 0.15) is 17.3 Å². The van der Waals surface area contributed by atoms with Crippen molar-refractivity contribution in [1.29, 1.82) is 0 Å². The summed E-state index contributed by atoms with van der Waals surface area (Å²) in [5, 5.41) is 0. The lowest BCUT2D eigenvalue weighted by atomic mass is 10.1. The molecule has 0 N–H and O–H groups in total. The summed E-state index contributed by atoms with van der Waals surface area (Å²) in [6, 6.07) is 7.13. The van der Waals surface area contributed by atoms with E-state index < -0.39 is 0 Å². The average Bonchev–Trinajstić information content (AvgIpc) is 2.61. The lowest BCUT2D eigenvalue weighted by Crippen LogP contribution is -2.50. The van der Waals surface area contributed by atoms with Gasteiger partial charge in [-0.05, 0) is 25.1 Å². The first-order chi connectivity index (χ1) is 11.2. The van der Waals surface area contributed by atoms with Gasteiger partial charge in [-0.1, -0.05) is 24.3 Å². The summed E-state index contributed by atoms with van der Waals surface area (Å²) < 4.78 is 5.15. The molecule has 1 fully saturated rings. The monoisotopic (exact) mass is 314 g/mol. The van der Waals surface area contributed by atoms with Crippen molar-refractivity contribution in [1.82, 2.24) is 9.80 Å². The number of carbonyl (C=O) groups excluding carboxylic acids is 2. The largest absolute Gasteiger partial charge is 0.497 e. The van der Waals surface area contributed by atoms with E-state index in [-0.39, 0.29) is 11.8 Å². The molecular weight excluding hydrogens is 292 g/mol. The van der Waals surface area contributed by atoms with Crippen molar-refractivity contribution in [3.05, 3.63) is 54.1 Å². The molecule has 122 valence electrons. The topological polar surface area (TPSA) is 49.9 Å². The molecule has 0 spiro atoms. The number of rotatable bonds is 4. The van der Waals surface area contributed by atoms with Crippen LogP contribution in [0.2, 0.25) is 0 Å². The van der Waals surface area contributed by atoms with E-state index in [0.29, 0.717) is 37.5 Å². The molecule has 1 saturated heterocycles. The molecule has 1 aliphatic heterocycles. The number of allylic oxidation sites excluding steroid dienone is 3. The van der Waals surface area contributed by atoms with E-state index in [1.807, 2.05) is 25.1 Å².